The molecule has 2 atom stereocenters. The maximum atomic E-state index is 6.23. The van der Waals surface area contributed by atoms with Crippen LogP contribution in [0.5, 0.6) is 0 Å². The van der Waals surface area contributed by atoms with Crippen LogP contribution in [-0.4, -0.2) is 16.0 Å². The average molecular weight is 776 g/mol. The van der Waals surface area contributed by atoms with Crippen LogP contribution in [-0.2, 0) is 0 Å². The van der Waals surface area contributed by atoms with Crippen molar-refractivity contribution in [1.29, 1.82) is 0 Å². The van der Waals surface area contributed by atoms with Gasteiger partial charge in [0.1, 0.15) is 11.2 Å². The molecule has 0 fully saturated rings. The van der Waals surface area contributed by atoms with Gasteiger partial charge in [0, 0.05) is 64.1 Å². The molecule has 58 heavy (non-hydrogen) atoms. The second-order valence-electron chi connectivity index (χ2n) is 15.6. The van der Waals surface area contributed by atoms with Crippen molar-refractivity contribution in [3.8, 4) is 44.0 Å². The maximum absolute atomic E-state index is 6.23. The number of aromatic nitrogens is 2. The number of anilines is 2. The molecule has 4 aromatic heterocycles. The Labute approximate surface area is 340 Å². The molecular formula is C52H29N3OS2. The number of rotatable bonds is 3. The Kier molecular flexibility index (Phi) is 6.13. The van der Waals surface area contributed by atoms with E-state index in [0.29, 0.717) is 5.95 Å². The molecule has 0 N–H and O–H groups in total. The molecule has 7 aromatic carbocycles. The summed E-state index contributed by atoms with van der Waals surface area (Å²) in [6.45, 7) is 0. The molecule has 0 saturated carbocycles. The minimum atomic E-state index is 0.0485. The Balaban J connectivity index is 0.938. The molecule has 14 rings (SSSR count). The first-order valence-electron chi connectivity index (χ1n) is 19.7. The van der Waals surface area contributed by atoms with Crippen LogP contribution in [0.3, 0.4) is 0 Å². The molecule has 2 aliphatic carbocycles. The third kappa shape index (κ3) is 4.18. The first kappa shape index (κ1) is 31.3. The summed E-state index contributed by atoms with van der Waals surface area (Å²) in [4.78, 5) is 14.7. The summed E-state index contributed by atoms with van der Waals surface area (Å²) < 4.78 is 9.87. The van der Waals surface area contributed by atoms with Crippen LogP contribution in [0.1, 0.15) is 11.5 Å². The summed E-state index contributed by atoms with van der Waals surface area (Å²) in [5.74, 6) is 0.880. The van der Waals surface area contributed by atoms with Crippen molar-refractivity contribution in [2.75, 3.05) is 4.90 Å². The summed E-state index contributed by atoms with van der Waals surface area (Å²) in [6.07, 6.45) is 9.01. The topological polar surface area (TPSA) is 42.2 Å². The van der Waals surface area contributed by atoms with Gasteiger partial charge in [-0.15, -0.1) is 22.7 Å². The molecule has 0 bridgehead atoms. The Hall–Kier alpha value is -6.86. The van der Waals surface area contributed by atoms with Gasteiger partial charge in [-0.05, 0) is 87.6 Å². The SMILES string of the molecule is C1=CC2c3cc(-c4ccc5sc6c(c5c4)-c4cccc5cccc-6c45)ccc3N(c3nc(-c4ccc5oc6ccccc6c5c4)c4sc5ccccc5c4n3)C2C=C1. The van der Waals surface area contributed by atoms with Gasteiger partial charge in [-0.2, -0.15) is 0 Å². The summed E-state index contributed by atoms with van der Waals surface area (Å²) >= 11 is 3.68. The maximum Gasteiger partial charge on any atom is 0.231 e. The molecule has 11 aromatic rings. The van der Waals surface area contributed by atoms with E-state index in [1.165, 1.54) is 63.8 Å². The quantitative estimate of drug-likeness (QED) is 0.179. The van der Waals surface area contributed by atoms with E-state index < -0.39 is 0 Å². The predicted octanol–water partition coefficient (Wildman–Crippen LogP) is 14.8. The zero-order valence-electron chi connectivity index (χ0n) is 30.8. The number of hydrogen-bond donors (Lipinski definition) is 0. The summed E-state index contributed by atoms with van der Waals surface area (Å²) in [7, 11) is 0. The highest BCUT2D eigenvalue weighted by Gasteiger charge is 2.39. The fourth-order valence-electron chi connectivity index (χ4n) is 9.98. The van der Waals surface area contributed by atoms with Crippen LogP contribution in [0.2, 0.25) is 0 Å². The van der Waals surface area contributed by atoms with Crippen LogP contribution in [0.15, 0.2) is 168 Å². The number of benzene rings is 7. The van der Waals surface area contributed by atoms with E-state index in [2.05, 4.69) is 157 Å². The van der Waals surface area contributed by atoms with Crippen molar-refractivity contribution in [3.63, 3.8) is 0 Å². The summed E-state index contributed by atoms with van der Waals surface area (Å²) in [5, 5.41) is 7.38. The van der Waals surface area contributed by atoms with E-state index in [1.807, 2.05) is 23.5 Å². The lowest BCUT2D eigenvalue weighted by Crippen LogP contribution is -2.30. The smallest absolute Gasteiger partial charge is 0.231 e. The van der Waals surface area contributed by atoms with E-state index in [4.69, 9.17) is 14.4 Å². The molecule has 0 spiro atoms. The van der Waals surface area contributed by atoms with Crippen LogP contribution in [0.4, 0.5) is 11.6 Å². The Bertz CT molecular complexity index is 3670. The van der Waals surface area contributed by atoms with Crippen LogP contribution in [0.25, 0.3) is 107 Å². The first-order chi connectivity index (χ1) is 28.7. The lowest BCUT2D eigenvalue weighted by Gasteiger charge is -2.27. The van der Waals surface area contributed by atoms with Crippen LogP contribution in [0, 0.1) is 0 Å². The van der Waals surface area contributed by atoms with Crippen molar-refractivity contribution in [2.45, 2.75) is 12.0 Å². The molecule has 1 aliphatic heterocycles. The van der Waals surface area contributed by atoms with E-state index >= 15 is 0 Å². The standard InChI is InChI=1S/C52H29N3OS2/c1-4-16-40-32(11-1)37-25-29(30-21-24-45-39(26-30)47-35-14-7-9-28-10-8-15-36(46(28)35)50(47)57-45)19-22-41(37)55(40)52-53-48(51-49(54-52)34-13-3-6-18-44(34)58-51)31-20-23-43-38(27-31)33-12-2-5-17-42(33)56-43/h1-27,32,40H. The van der Waals surface area contributed by atoms with E-state index in [1.54, 1.807) is 11.3 Å². The fourth-order valence-corrected chi connectivity index (χ4v) is 12.4. The number of thiophene rings is 2. The number of allylic oxidation sites excluding steroid dienone is 2. The minimum Gasteiger partial charge on any atom is -0.456 e. The van der Waals surface area contributed by atoms with Gasteiger partial charge < -0.3 is 9.32 Å². The van der Waals surface area contributed by atoms with Gasteiger partial charge >= 0.3 is 0 Å². The third-order valence-corrected chi connectivity index (χ3v) is 14.9. The van der Waals surface area contributed by atoms with Crippen LogP contribution < -0.4 is 4.90 Å². The monoisotopic (exact) mass is 775 g/mol. The Morgan fingerprint density at radius 2 is 1.33 bits per heavy atom. The second-order valence-corrected chi connectivity index (χ2v) is 17.7. The van der Waals surface area contributed by atoms with Gasteiger partial charge in [-0.3, -0.25) is 0 Å². The summed E-state index contributed by atoms with van der Waals surface area (Å²) in [6, 6.07) is 50.9. The summed E-state index contributed by atoms with van der Waals surface area (Å²) in [5.41, 5.74) is 13.8. The van der Waals surface area contributed by atoms with E-state index in [-0.39, 0.29) is 12.0 Å². The second kappa shape index (κ2) is 11.4. The average Bonchev–Trinajstić information content (AvgIpc) is 4.08. The zero-order chi connectivity index (χ0) is 37.6. The zero-order valence-corrected chi connectivity index (χ0v) is 32.4. The molecule has 5 heterocycles. The van der Waals surface area contributed by atoms with Gasteiger partial charge in [-0.25, -0.2) is 9.97 Å². The van der Waals surface area contributed by atoms with Gasteiger partial charge in [-0.1, -0.05) is 109 Å². The number of hydrogen-bond acceptors (Lipinski definition) is 6. The highest BCUT2D eigenvalue weighted by atomic mass is 32.1. The largest absolute Gasteiger partial charge is 0.456 e. The number of fused-ring (bicyclic) bond motifs is 14. The molecule has 6 heteroatoms. The number of nitrogens with zero attached hydrogens (tertiary/aromatic N) is 3. The Morgan fingerprint density at radius 1 is 0.569 bits per heavy atom. The van der Waals surface area contributed by atoms with Gasteiger partial charge in [0.05, 0.1) is 22.0 Å². The molecule has 0 radical (unpaired) electrons. The minimum absolute atomic E-state index is 0.0485. The normalized spacial score (nSPS) is 16.4. The highest BCUT2D eigenvalue weighted by Crippen LogP contribution is 2.55. The number of para-hydroxylation sites is 1. The van der Waals surface area contributed by atoms with Crippen molar-refractivity contribution < 1.29 is 4.42 Å². The highest BCUT2D eigenvalue weighted by molar-refractivity contribution is 7.26. The fraction of sp³-hybridized carbons (Fsp3) is 0.0385. The van der Waals surface area contributed by atoms with Gasteiger partial charge in [0.15, 0.2) is 0 Å². The Morgan fingerprint density at radius 3 is 2.28 bits per heavy atom. The third-order valence-electron chi connectivity index (χ3n) is 12.6. The van der Waals surface area contributed by atoms with Crippen LogP contribution >= 0.6 is 22.7 Å². The first-order valence-corrected chi connectivity index (χ1v) is 21.4. The molecule has 0 amide bonds. The lowest BCUT2D eigenvalue weighted by molar-refractivity contribution is 0.669. The van der Waals surface area contributed by atoms with E-state index in [9.17, 15) is 0 Å². The predicted molar refractivity (Wildman–Crippen MR) is 244 cm³/mol. The van der Waals surface area contributed by atoms with E-state index in [0.717, 1.165) is 54.5 Å². The molecule has 3 aliphatic rings. The van der Waals surface area contributed by atoms with Crippen molar-refractivity contribution in [3.05, 3.63) is 169 Å². The lowest BCUT2D eigenvalue weighted by atomic mass is 9.89. The van der Waals surface area contributed by atoms with Crippen molar-refractivity contribution in [2.24, 2.45) is 0 Å². The number of furan rings is 1. The van der Waals surface area contributed by atoms with Gasteiger partial charge in [0.25, 0.3) is 0 Å². The molecule has 0 saturated heterocycles. The molecule has 4 nitrogen and oxygen atoms in total. The molecule has 2 unspecified atom stereocenters. The molecule has 270 valence electrons. The molecular weight excluding hydrogens is 747 g/mol. The van der Waals surface area contributed by atoms with Crippen molar-refractivity contribution >= 4 is 97.4 Å². The van der Waals surface area contributed by atoms with Crippen molar-refractivity contribution in [1.82, 2.24) is 9.97 Å². The van der Waals surface area contributed by atoms with Gasteiger partial charge in [0.2, 0.25) is 5.95 Å².